The lowest BCUT2D eigenvalue weighted by Crippen LogP contribution is -2.48. The molecule has 1 aliphatic rings. The van der Waals surface area contributed by atoms with Gasteiger partial charge in [-0.1, -0.05) is 24.3 Å². The minimum Gasteiger partial charge on any atom is -0.493 e. The van der Waals surface area contributed by atoms with Gasteiger partial charge in [0.15, 0.2) is 11.5 Å². The van der Waals surface area contributed by atoms with E-state index >= 15 is 0 Å². The molecule has 0 bridgehead atoms. The molecule has 160 valence electrons. The molecule has 7 nitrogen and oxygen atoms in total. The molecule has 2 atom stereocenters. The van der Waals surface area contributed by atoms with Gasteiger partial charge in [-0.2, -0.15) is 0 Å². The lowest BCUT2D eigenvalue weighted by molar-refractivity contribution is -0.125. The number of ether oxygens (including phenoxy) is 3. The first-order valence-corrected chi connectivity index (χ1v) is 10.6. The Morgan fingerprint density at radius 2 is 1.80 bits per heavy atom. The highest BCUT2D eigenvalue weighted by Gasteiger charge is 2.42. The first kappa shape index (κ1) is 22.0. The second kappa shape index (κ2) is 10.4. The molecule has 2 aromatic rings. The highest BCUT2D eigenvalue weighted by atomic mass is 32.2. The highest BCUT2D eigenvalue weighted by Crippen LogP contribution is 2.44. The zero-order valence-electron chi connectivity index (χ0n) is 17.3. The molecule has 1 aliphatic heterocycles. The Morgan fingerprint density at radius 1 is 1.07 bits per heavy atom. The van der Waals surface area contributed by atoms with E-state index in [1.54, 1.807) is 50.1 Å². The van der Waals surface area contributed by atoms with Crippen molar-refractivity contribution in [3.8, 4) is 11.5 Å². The van der Waals surface area contributed by atoms with Gasteiger partial charge in [0.05, 0.1) is 20.8 Å². The average molecular weight is 431 g/mol. The van der Waals surface area contributed by atoms with Gasteiger partial charge in [0.1, 0.15) is 11.4 Å². The number of nitrogens with one attached hydrogen (secondary N) is 1. The number of thioether (sulfide) groups is 1. The molecular weight excluding hydrogens is 404 g/mol. The van der Waals surface area contributed by atoms with Crippen LogP contribution in [-0.4, -0.2) is 63.0 Å². The first-order valence-electron chi connectivity index (χ1n) is 9.58. The van der Waals surface area contributed by atoms with E-state index in [0.717, 1.165) is 5.56 Å². The molecule has 1 N–H and O–H groups in total. The molecule has 1 fully saturated rings. The summed E-state index contributed by atoms with van der Waals surface area (Å²) in [5.41, 5.74) is 1.41. The number of methoxy groups -OCH3 is 3. The number of rotatable bonds is 8. The van der Waals surface area contributed by atoms with Crippen LogP contribution in [0.25, 0.3) is 0 Å². The monoisotopic (exact) mass is 430 g/mol. The molecule has 30 heavy (non-hydrogen) atoms. The maximum atomic E-state index is 13.4. The van der Waals surface area contributed by atoms with Crippen molar-refractivity contribution < 1.29 is 23.8 Å². The van der Waals surface area contributed by atoms with E-state index < -0.39 is 6.04 Å². The molecule has 0 aromatic heterocycles. The SMILES string of the molecule is COCCNC(=O)C1CSC(c2ccc(OC)c(OC)c2)N1C(=O)c1ccccc1. The number of carbonyl (C=O) groups excluding carboxylic acids is 2. The predicted molar refractivity (Wildman–Crippen MR) is 116 cm³/mol. The molecule has 3 rings (SSSR count). The van der Waals surface area contributed by atoms with Crippen LogP contribution in [0.5, 0.6) is 11.5 Å². The average Bonchev–Trinajstić information content (AvgIpc) is 3.24. The van der Waals surface area contributed by atoms with E-state index in [0.29, 0.717) is 36.0 Å². The molecule has 2 unspecified atom stereocenters. The van der Waals surface area contributed by atoms with E-state index in [9.17, 15) is 9.59 Å². The number of nitrogens with zero attached hydrogens (tertiary/aromatic N) is 1. The summed E-state index contributed by atoms with van der Waals surface area (Å²) >= 11 is 1.55. The molecule has 0 saturated carbocycles. The van der Waals surface area contributed by atoms with Crippen LogP contribution in [0.2, 0.25) is 0 Å². The Labute approximate surface area is 180 Å². The third-order valence-electron chi connectivity index (χ3n) is 4.86. The highest BCUT2D eigenvalue weighted by molar-refractivity contribution is 7.99. The molecule has 0 aliphatic carbocycles. The third kappa shape index (κ3) is 4.71. The second-order valence-corrected chi connectivity index (χ2v) is 7.79. The van der Waals surface area contributed by atoms with E-state index in [1.807, 2.05) is 36.4 Å². The quantitative estimate of drug-likeness (QED) is 0.649. The fourth-order valence-corrected chi connectivity index (χ4v) is 4.76. The summed E-state index contributed by atoms with van der Waals surface area (Å²) < 4.78 is 15.8. The zero-order valence-corrected chi connectivity index (χ0v) is 18.1. The van der Waals surface area contributed by atoms with Gasteiger partial charge in [-0.3, -0.25) is 9.59 Å². The Balaban J connectivity index is 1.93. The smallest absolute Gasteiger partial charge is 0.255 e. The van der Waals surface area contributed by atoms with Crippen LogP contribution in [0.4, 0.5) is 0 Å². The van der Waals surface area contributed by atoms with Crippen molar-refractivity contribution in [1.82, 2.24) is 10.2 Å². The fourth-order valence-electron chi connectivity index (χ4n) is 3.34. The minimum absolute atomic E-state index is 0.188. The summed E-state index contributed by atoms with van der Waals surface area (Å²) in [6.45, 7) is 0.808. The van der Waals surface area contributed by atoms with E-state index in [4.69, 9.17) is 14.2 Å². The number of benzene rings is 2. The second-order valence-electron chi connectivity index (χ2n) is 6.68. The van der Waals surface area contributed by atoms with Crippen LogP contribution in [-0.2, 0) is 9.53 Å². The van der Waals surface area contributed by atoms with Gasteiger partial charge < -0.3 is 24.4 Å². The van der Waals surface area contributed by atoms with Gasteiger partial charge in [-0.15, -0.1) is 11.8 Å². The van der Waals surface area contributed by atoms with Crippen molar-refractivity contribution >= 4 is 23.6 Å². The van der Waals surface area contributed by atoms with Crippen molar-refractivity contribution in [3.63, 3.8) is 0 Å². The normalized spacial score (nSPS) is 18.2. The zero-order chi connectivity index (χ0) is 21.5. The minimum atomic E-state index is -0.586. The number of hydrogen-bond acceptors (Lipinski definition) is 6. The lowest BCUT2D eigenvalue weighted by atomic mass is 10.1. The van der Waals surface area contributed by atoms with Gasteiger partial charge >= 0.3 is 0 Å². The maximum Gasteiger partial charge on any atom is 0.255 e. The molecule has 0 spiro atoms. The molecule has 8 heteroatoms. The summed E-state index contributed by atoms with van der Waals surface area (Å²) in [5, 5.41) is 2.54. The van der Waals surface area contributed by atoms with Gasteiger partial charge in [-0.05, 0) is 29.8 Å². The molecule has 1 saturated heterocycles. The van der Waals surface area contributed by atoms with Crippen molar-refractivity contribution in [1.29, 1.82) is 0 Å². The summed E-state index contributed by atoms with van der Waals surface area (Å²) in [6, 6.07) is 14.0. The van der Waals surface area contributed by atoms with Gasteiger partial charge in [-0.25, -0.2) is 0 Å². The van der Waals surface area contributed by atoms with Crippen molar-refractivity contribution in [2.24, 2.45) is 0 Å². The fraction of sp³-hybridized carbons (Fsp3) is 0.364. The summed E-state index contributed by atoms with van der Waals surface area (Å²) in [6.07, 6.45) is 0. The van der Waals surface area contributed by atoms with Crippen LogP contribution in [0, 0.1) is 0 Å². The van der Waals surface area contributed by atoms with Gasteiger partial charge in [0.2, 0.25) is 5.91 Å². The van der Waals surface area contributed by atoms with Crippen LogP contribution in [0.3, 0.4) is 0 Å². The number of carbonyl (C=O) groups is 2. The molecule has 0 radical (unpaired) electrons. The topological polar surface area (TPSA) is 77.1 Å². The lowest BCUT2D eigenvalue weighted by Gasteiger charge is -2.29. The molecule has 2 aromatic carbocycles. The summed E-state index contributed by atoms with van der Waals surface area (Å²) in [4.78, 5) is 27.9. The van der Waals surface area contributed by atoms with E-state index in [2.05, 4.69) is 5.32 Å². The Morgan fingerprint density at radius 3 is 2.47 bits per heavy atom. The van der Waals surface area contributed by atoms with Crippen LogP contribution in [0.1, 0.15) is 21.3 Å². The number of hydrogen-bond donors (Lipinski definition) is 1. The standard InChI is InChI=1S/C22H26N2O5S/c1-27-12-11-23-20(25)17-14-30-22(16-9-10-18(28-2)19(13-16)29-3)24(17)21(26)15-7-5-4-6-8-15/h4-10,13,17,22H,11-12,14H2,1-3H3,(H,23,25). The van der Waals surface area contributed by atoms with E-state index in [1.165, 1.54) is 0 Å². The molecular formula is C22H26N2O5S. The van der Waals surface area contributed by atoms with E-state index in [-0.39, 0.29) is 17.2 Å². The van der Waals surface area contributed by atoms with Crippen LogP contribution >= 0.6 is 11.8 Å². The van der Waals surface area contributed by atoms with Crippen molar-refractivity contribution in [3.05, 3.63) is 59.7 Å². The van der Waals surface area contributed by atoms with Crippen molar-refractivity contribution in [2.45, 2.75) is 11.4 Å². The first-order chi connectivity index (χ1) is 14.6. The van der Waals surface area contributed by atoms with Crippen molar-refractivity contribution in [2.75, 3.05) is 40.2 Å². The third-order valence-corrected chi connectivity index (χ3v) is 6.18. The Bertz CT molecular complexity index is 877. The summed E-state index contributed by atoms with van der Waals surface area (Å²) in [5.74, 6) is 1.31. The maximum absolute atomic E-state index is 13.4. The van der Waals surface area contributed by atoms with Gasteiger partial charge in [0.25, 0.3) is 5.91 Å². The number of amides is 2. The predicted octanol–water partition coefficient (Wildman–Crippen LogP) is 2.72. The Hall–Kier alpha value is -2.71. The largest absolute Gasteiger partial charge is 0.493 e. The van der Waals surface area contributed by atoms with Gasteiger partial charge in [0, 0.05) is 25.0 Å². The summed E-state index contributed by atoms with van der Waals surface area (Å²) in [7, 11) is 4.73. The van der Waals surface area contributed by atoms with Crippen LogP contribution in [0.15, 0.2) is 48.5 Å². The molecule has 2 amide bonds. The Kier molecular flexibility index (Phi) is 7.59. The van der Waals surface area contributed by atoms with Crippen LogP contribution < -0.4 is 14.8 Å². The molecule has 1 heterocycles.